The Morgan fingerprint density at radius 3 is 1.65 bits per heavy atom. The van der Waals surface area contributed by atoms with Crippen molar-refractivity contribution in [2.45, 2.75) is 64.7 Å². The Morgan fingerprint density at radius 1 is 0.429 bits per heavy atom. The maximum absolute atomic E-state index is 6.77. The van der Waals surface area contributed by atoms with Crippen molar-refractivity contribution >= 4 is 44.6 Å². The number of para-hydroxylation sites is 3. The molecule has 0 radical (unpaired) electrons. The highest BCUT2D eigenvalue weighted by atomic mass is 16.5. The lowest BCUT2D eigenvalue weighted by atomic mass is 9.73. The molecule has 2 aromatic heterocycles. The summed E-state index contributed by atoms with van der Waals surface area (Å²) in [6.07, 6.45) is 1.92. The van der Waals surface area contributed by atoms with Gasteiger partial charge in [-0.3, -0.25) is 4.57 Å². The predicted molar refractivity (Wildman–Crippen MR) is 263 cm³/mol. The van der Waals surface area contributed by atoms with Gasteiger partial charge in [0, 0.05) is 51.3 Å². The molecule has 0 saturated carbocycles. The average Bonchev–Trinajstić information content (AvgIpc) is 3.85. The molecule has 0 fully saturated rings. The molecule has 312 valence electrons. The first kappa shape index (κ1) is 40.0. The fourth-order valence-electron chi connectivity index (χ4n) is 9.31. The molecule has 5 heteroatoms. The summed E-state index contributed by atoms with van der Waals surface area (Å²) in [4.78, 5) is 9.75. The van der Waals surface area contributed by atoms with Gasteiger partial charge in [-0.25, -0.2) is 4.98 Å². The zero-order chi connectivity index (χ0) is 43.5. The van der Waals surface area contributed by atoms with Crippen LogP contribution >= 0.6 is 0 Å². The van der Waals surface area contributed by atoms with Gasteiger partial charge < -0.3 is 14.5 Å². The lowest BCUT2D eigenvalue weighted by Gasteiger charge is -2.33. The highest BCUT2D eigenvalue weighted by Crippen LogP contribution is 2.48. The first-order chi connectivity index (χ1) is 30.4. The van der Waals surface area contributed by atoms with Crippen molar-refractivity contribution < 1.29 is 4.74 Å². The molecule has 1 aliphatic rings. The number of fused-ring (bicyclic) bond motifs is 4. The van der Waals surface area contributed by atoms with Gasteiger partial charge in [0.2, 0.25) is 0 Å². The average molecular weight is 823 g/mol. The van der Waals surface area contributed by atoms with Crippen molar-refractivity contribution in [2.75, 3.05) is 16.5 Å². The van der Waals surface area contributed by atoms with Crippen LogP contribution in [0, 0.1) is 0 Å². The molecule has 63 heavy (non-hydrogen) atoms. The van der Waals surface area contributed by atoms with E-state index in [-0.39, 0.29) is 16.2 Å². The lowest BCUT2D eigenvalue weighted by Crippen LogP contribution is -2.27. The molecule has 5 nitrogen and oxygen atoms in total. The Balaban J connectivity index is 1.02. The van der Waals surface area contributed by atoms with E-state index >= 15 is 0 Å². The Hall–Kier alpha value is -7.11. The summed E-state index contributed by atoms with van der Waals surface area (Å²) in [5.41, 5.74) is 12.7. The molecule has 0 aliphatic carbocycles. The molecule has 0 N–H and O–H groups in total. The van der Waals surface area contributed by atoms with Gasteiger partial charge in [-0.1, -0.05) is 152 Å². The van der Waals surface area contributed by atoms with Crippen molar-refractivity contribution in [3.05, 3.63) is 216 Å². The third-order valence-electron chi connectivity index (χ3n) is 13.3. The zero-order valence-corrected chi connectivity index (χ0v) is 37.3. The number of hydrogen-bond acceptors (Lipinski definition) is 4. The molecule has 0 spiro atoms. The Labute approximate surface area is 371 Å². The molecule has 0 amide bonds. The number of nitrogens with zero attached hydrogens (tertiary/aromatic N) is 4. The van der Waals surface area contributed by atoms with Crippen LogP contribution in [-0.2, 0) is 16.2 Å². The van der Waals surface area contributed by atoms with Crippen LogP contribution in [-0.4, -0.2) is 16.2 Å². The van der Waals surface area contributed by atoms with E-state index in [0.29, 0.717) is 6.67 Å². The quantitative estimate of drug-likeness (QED) is 0.145. The number of benzene rings is 7. The van der Waals surface area contributed by atoms with Crippen molar-refractivity contribution in [1.29, 1.82) is 0 Å². The minimum absolute atomic E-state index is 0.00578. The number of anilines is 4. The summed E-state index contributed by atoms with van der Waals surface area (Å²) in [6.45, 7) is 16.7. The van der Waals surface area contributed by atoms with Crippen LogP contribution in [0.1, 0.15) is 76.3 Å². The third-order valence-corrected chi connectivity index (χ3v) is 13.3. The van der Waals surface area contributed by atoms with E-state index < -0.39 is 0 Å². The molecule has 0 unspecified atom stereocenters. The molecule has 7 aromatic carbocycles. The molecule has 0 bridgehead atoms. The molecule has 3 heterocycles. The smallest absolute Gasteiger partial charge is 0.137 e. The lowest BCUT2D eigenvalue weighted by molar-refractivity contribution is 0.483. The predicted octanol–water partition coefficient (Wildman–Crippen LogP) is 15.2. The third kappa shape index (κ3) is 7.21. The normalized spacial score (nSPS) is 13.2. The van der Waals surface area contributed by atoms with E-state index in [1.807, 2.05) is 12.3 Å². The Morgan fingerprint density at radius 2 is 1.00 bits per heavy atom. The molecule has 1 aliphatic heterocycles. The molecule has 9 aromatic rings. The number of rotatable bonds is 9. The number of pyridine rings is 1. The molecule has 0 atom stereocenters. The van der Waals surface area contributed by atoms with Crippen molar-refractivity contribution in [3.8, 4) is 17.3 Å². The van der Waals surface area contributed by atoms with Crippen molar-refractivity contribution in [2.24, 2.45) is 0 Å². The summed E-state index contributed by atoms with van der Waals surface area (Å²) in [7, 11) is 0. The standard InChI is InChI=1S/C58H54N4O/c1-56(2,3)42-31-32-59-55(36-42)62-51-26-15-14-25-49(51)50-30-29-48(38-54(50)62)63-47-24-18-23-45(37-47)60-39-61(53-28-17-16-27-52(53)60)46-34-43(57(4,5)40-19-10-8-11-20-40)33-44(35-46)58(6,7)41-21-12-9-13-22-41/h8-38H,39H2,1-7H3. The number of ether oxygens (including phenoxy) is 1. The summed E-state index contributed by atoms with van der Waals surface area (Å²) < 4.78 is 9.03. The minimum atomic E-state index is -0.228. The topological polar surface area (TPSA) is 33.5 Å². The fourth-order valence-corrected chi connectivity index (χ4v) is 9.31. The monoisotopic (exact) mass is 822 g/mol. The van der Waals surface area contributed by atoms with Crippen LogP contribution in [0.25, 0.3) is 27.6 Å². The van der Waals surface area contributed by atoms with Gasteiger partial charge in [-0.05, 0) is 100.0 Å². The highest BCUT2D eigenvalue weighted by Gasteiger charge is 2.33. The second-order valence-electron chi connectivity index (χ2n) is 19.0. The van der Waals surface area contributed by atoms with Gasteiger partial charge in [-0.15, -0.1) is 0 Å². The number of hydrogen-bond donors (Lipinski definition) is 0. The zero-order valence-electron chi connectivity index (χ0n) is 37.3. The van der Waals surface area contributed by atoms with Gasteiger partial charge in [0.25, 0.3) is 0 Å². The SMILES string of the molecule is CC(C)(C)c1ccnc(-n2c3ccccc3c3ccc(Oc4cccc(N5CN(c6cc(C(C)(C)c7ccccc7)cc(C(C)(C)c7ccccc7)c6)c6ccccc65)c4)cc32)c1. The van der Waals surface area contributed by atoms with Gasteiger partial charge >= 0.3 is 0 Å². The van der Waals surface area contributed by atoms with E-state index in [9.17, 15) is 0 Å². The van der Waals surface area contributed by atoms with Crippen molar-refractivity contribution in [3.63, 3.8) is 0 Å². The summed E-state index contributed by atoms with van der Waals surface area (Å²) in [6, 6.07) is 65.5. The van der Waals surface area contributed by atoms with Gasteiger partial charge in [0.15, 0.2) is 0 Å². The molecule has 0 saturated heterocycles. The van der Waals surface area contributed by atoms with Gasteiger partial charge in [0.05, 0.1) is 22.4 Å². The van der Waals surface area contributed by atoms with Gasteiger partial charge in [-0.2, -0.15) is 0 Å². The van der Waals surface area contributed by atoms with Crippen LogP contribution in [0.5, 0.6) is 11.5 Å². The van der Waals surface area contributed by atoms with Crippen LogP contribution in [0.2, 0.25) is 0 Å². The summed E-state index contributed by atoms with van der Waals surface area (Å²) >= 11 is 0. The van der Waals surface area contributed by atoms with Crippen LogP contribution < -0.4 is 14.5 Å². The van der Waals surface area contributed by atoms with E-state index in [1.54, 1.807) is 0 Å². The first-order valence-electron chi connectivity index (χ1n) is 22.1. The molecule has 10 rings (SSSR count). The maximum Gasteiger partial charge on any atom is 0.137 e. The van der Waals surface area contributed by atoms with E-state index in [2.05, 4.69) is 239 Å². The first-order valence-corrected chi connectivity index (χ1v) is 22.1. The van der Waals surface area contributed by atoms with E-state index in [1.165, 1.54) is 44.6 Å². The molecular formula is C58H54N4O. The van der Waals surface area contributed by atoms with Gasteiger partial charge in [0.1, 0.15) is 24.0 Å². The van der Waals surface area contributed by atoms with Crippen molar-refractivity contribution in [1.82, 2.24) is 9.55 Å². The maximum atomic E-state index is 6.77. The largest absolute Gasteiger partial charge is 0.457 e. The highest BCUT2D eigenvalue weighted by molar-refractivity contribution is 6.09. The van der Waals surface area contributed by atoms with Crippen LogP contribution in [0.4, 0.5) is 22.7 Å². The Kier molecular flexibility index (Phi) is 9.75. The van der Waals surface area contributed by atoms with E-state index in [4.69, 9.17) is 9.72 Å². The molecular weight excluding hydrogens is 769 g/mol. The van der Waals surface area contributed by atoms with E-state index in [0.717, 1.165) is 45.1 Å². The second kappa shape index (κ2) is 15.4. The Bertz CT molecular complexity index is 3050. The fraction of sp³-hybridized carbons (Fsp3) is 0.190. The minimum Gasteiger partial charge on any atom is -0.457 e. The summed E-state index contributed by atoms with van der Waals surface area (Å²) in [5, 5.41) is 2.35. The van der Waals surface area contributed by atoms with Crippen LogP contribution in [0.15, 0.2) is 188 Å². The second-order valence-corrected chi connectivity index (χ2v) is 19.0. The number of aromatic nitrogens is 2. The summed E-state index contributed by atoms with van der Waals surface area (Å²) in [5.74, 6) is 2.44. The van der Waals surface area contributed by atoms with Crippen LogP contribution in [0.3, 0.4) is 0 Å².